The number of rotatable bonds is 1. The van der Waals surface area contributed by atoms with E-state index in [4.69, 9.17) is 0 Å². The molecule has 3 rings (SSSR count). The third-order valence-electron chi connectivity index (χ3n) is 6.19. The predicted molar refractivity (Wildman–Crippen MR) is 67.4 cm³/mol. The highest BCUT2D eigenvalue weighted by atomic mass is 16.3. The van der Waals surface area contributed by atoms with E-state index in [1.165, 1.54) is 0 Å². The van der Waals surface area contributed by atoms with Gasteiger partial charge in [0.15, 0.2) is 0 Å². The molecule has 17 heavy (non-hydrogen) atoms. The van der Waals surface area contributed by atoms with Crippen molar-refractivity contribution in [2.75, 3.05) is 0 Å². The van der Waals surface area contributed by atoms with Crippen molar-refractivity contribution in [2.24, 2.45) is 35.0 Å². The Balaban J connectivity index is 1.92. The summed E-state index contributed by atoms with van der Waals surface area (Å²) in [5.74, 6) is 3.28. The molecule has 0 bridgehead atoms. The van der Waals surface area contributed by atoms with Gasteiger partial charge in [0.2, 0.25) is 0 Å². The van der Waals surface area contributed by atoms with Crippen molar-refractivity contribution >= 4 is 0 Å². The summed E-state index contributed by atoms with van der Waals surface area (Å²) >= 11 is 0. The van der Waals surface area contributed by atoms with Crippen molar-refractivity contribution in [3.05, 3.63) is 0 Å². The standard InChI is InChI=1S/C15H26O2/c1-8(2)11-9-7-14(3)10(16)5-6-15(4,17)13(14)12(9)11/h8-13,16-17H,5-7H2,1-4H3/t9-,10-,11-,12-,13-,14+,15+/m1/s1. The molecule has 0 aromatic carbocycles. The van der Waals surface area contributed by atoms with Gasteiger partial charge in [-0.15, -0.1) is 0 Å². The lowest BCUT2D eigenvalue weighted by Crippen LogP contribution is -2.54. The summed E-state index contributed by atoms with van der Waals surface area (Å²) in [6.45, 7) is 8.81. The lowest BCUT2D eigenvalue weighted by molar-refractivity contribution is -0.150. The lowest BCUT2D eigenvalue weighted by Gasteiger charge is -2.51. The van der Waals surface area contributed by atoms with Gasteiger partial charge < -0.3 is 10.2 Å². The summed E-state index contributed by atoms with van der Waals surface area (Å²) in [5, 5.41) is 21.0. The second kappa shape index (κ2) is 3.27. The molecule has 0 aromatic rings. The Morgan fingerprint density at radius 2 is 1.88 bits per heavy atom. The monoisotopic (exact) mass is 238 g/mol. The third kappa shape index (κ3) is 1.40. The van der Waals surface area contributed by atoms with Gasteiger partial charge in [-0.25, -0.2) is 0 Å². The minimum absolute atomic E-state index is 0.0253. The van der Waals surface area contributed by atoms with Crippen LogP contribution in [0, 0.1) is 35.0 Å². The number of hydrogen-bond donors (Lipinski definition) is 2. The molecule has 0 spiro atoms. The van der Waals surface area contributed by atoms with Crippen molar-refractivity contribution in [3.8, 4) is 0 Å². The summed E-state index contributed by atoms with van der Waals surface area (Å²) in [5.41, 5.74) is -0.584. The molecule has 0 unspecified atom stereocenters. The molecule has 3 aliphatic rings. The molecule has 3 aliphatic carbocycles. The maximum atomic E-state index is 10.7. The highest BCUT2D eigenvalue weighted by Gasteiger charge is 2.72. The lowest BCUT2D eigenvalue weighted by atomic mass is 9.58. The molecule has 0 aliphatic heterocycles. The van der Waals surface area contributed by atoms with Gasteiger partial charge in [0.1, 0.15) is 0 Å². The Bertz CT molecular complexity index is 336. The van der Waals surface area contributed by atoms with E-state index in [9.17, 15) is 10.2 Å². The molecule has 0 radical (unpaired) electrons. The van der Waals surface area contributed by atoms with Crippen LogP contribution >= 0.6 is 0 Å². The van der Waals surface area contributed by atoms with Crippen LogP contribution in [0.2, 0.25) is 0 Å². The van der Waals surface area contributed by atoms with E-state index in [-0.39, 0.29) is 11.5 Å². The van der Waals surface area contributed by atoms with E-state index in [1.807, 2.05) is 6.92 Å². The van der Waals surface area contributed by atoms with Crippen LogP contribution in [0.25, 0.3) is 0 Å². The molecule has 2 nitrogen and oxygen atoms in total. The quantitative estimate of drug-likeness (QED) is 0.736. The normalized spacial score (nSPS) is 61.2. The summed E-state index contributed by atoms with van der Waals surface area (Å²) < 4.78 is 0. The van der Waals surface area contributed by atoms with Crippen molar-refractivity contribution in [1.29, 1.82) is 0 Å². The topological polar surface area (TPSA) is 40.5 Å². The number of fused-ring (bicyclic) bond motifs is 3. The molecule has 3 saturated carbocycles. The van der Waals surface area contributed by atoms with Crippen LogP contribution in [-0.2, 0) is 0 Å². The molecule has 0 saturated heterocycles. The Kier molecular flexibility index (Phi) is 2.30. The fraction of sp³-hybridized carbons (Fsp3) is 1.00. The fourth-order valence-electron chi connectivity index (χ4n) is 5.57. The largest absolute Gasteiger partial charge is 0.393 e. The van der Waals surface area contributed by atoms with Gasteiger partial charge in [-0.3, -0.25) is 0 Å². The van der Waals surface area contributed by atoms with E-state index in [0.717, 1.165) is 37.0 Å². The summed E-state index contributed by atoms with van der Waals surface area (Å²) in [7, 11) is 0. The van der Waals surface area contributed by atoms with Gasteiger partial charge in [-0.1, -0.05) is 20.8 Å². The first kappa shape index (κ1) is 12.0. The van der Waals surface area contributed by atoms with Crippen molar-refractivity contribution in [3.63, 3.8) is 0 Å². The number of aliphatic hydroxyl groups is 2. The van der Waals surface area contributed by atoms with Gasteiger partial charge in [0.05, 0.1) is 11.7 Å². The highest BCUT2D eigenvalue weighted by molar-refractivity contribution is 5.20. The Labute approximate surface area is 104 Å². The van der Waals surface area contributed by atoms with Gasteiger partial charge in [0, 0.05) is 0 Å². The zero-order valence-electron chi connectivity index (χ0n) is 11.5. The number of aliphatic hydroxyl groups excluding tert-OH is 1. The van der Waals surface area contributed by atoms with Gasteiger partial charge in [0.25, 0.3) is 0 Å². The summed E-state index contributed by atoms with van der Waals surface area (Å²) in [6.07, 6.45) is 2.46. The van der Waals surface area contributed by atoms with E-state index < -0.39 is 5.60 Å². The zero-order valence-corrected chi connectivity index (χ0v) is 11.5. The van der Waals surface area contributed by atoms with E-state index in [1.54, 1.807) is 0 Å². The minimum Gasteiger partial charge on any atom is -0.393 e. The molecule has 2 N–H and O–H groups in total. The third-order valence-corrected chi connectivity index (χ3v) is 6.19. The zero-order chi connectivity index (χ0) is 12.6. The van der Waals surface area contributed by atoms with Gasteiger partial charge in [-0.2, -0.15) is 0 Å². The molecule has 98 valence electrons. The number of hydrogen-bond acceptors (Lipinski definition) is 2. The minimum atomic E-state index is -0.558. The molecule has 0 amide bonds. The van der Waals surface area contributed by atoms with Crippen molar-refractivity contribution in [1.82, 2.24) is 0 Å². The smallest absolute Gasteiger partial charge is 0.0657 e. The van der Waals surface area contributed by atoms with Crippen LogP contribution in [0.15, 0.2) is 0 Å². The second-order valence-electron chi connectivity index (χ2n) is 7.66. The van der Waals surface area contributed by atoms with E-state index in [2.05, 4.69) is 20.8 Å². The van der Waals surface area contributed by atoms with E-state index in [0.29, 0.717) is 11.8 Å². The van der Waals surface area contributed by atoms with Crippen molar-refractivity contribution < 1.29 is 10.2 Å². The Morgan fingerprint density at radius 1 is 1.24 bits per heavy atom. The van der Waals surface area contributed by atoms with E-state index >= 15 is 0 Å². The highest BCUT2D eigenvalue weighted by Crippen LogP contribution is 2.73. The summed E-state index contributed by atoms with van der Waals surface area (Å²) in [4.78, 5) is 0. The van der Waals surface area contributed by atoms with Crippen LogP contribution in [0.4, 0.5) is 0 Å². The average Bonchev–Trinajstić information content (AvgIpc) is 2.77. The Morgan fingerprint density at radius 3 is 2.47 bits per heavy atom. The predicted octanol–water partition coefficient (Wildman–Crippen LogP) is 2.44. The van der Waals surface area contributed by atoms with Crippen molar-refractivity contribution in [2.45, 2.75) is 58.7 Å². The maximum absolute atomic E-state index is 10.7. The molecule has 3 fully saturated rings. The summed E-state index contributed by atoms with van der Waals surface area (Å²) in [6, 6.07) is 0. The van der Waals surface area contributed by atoms with Crippen LogP contribution in [-0.4, -0.2) is 21.9 Å². The first-order valence-corrected chi connectivity index (χ1v) is 7.19. The molecule has 0 aromatic heterocycles. The fourth-order valence-corrected chi connectivity index (χ4v) is 5.57. The molecular weight excluding hydrogens is 212 g/mol. The maximum Gasteiger partial charge on any atom is 0.0657 e. The first-order chi connectivity index (χ1) is 7.79. The molecule has 0 heterocycles. The van der Waals surface area contributed by atoms with Crippen LogP contribution in [0.5, 0.6) is 0 Å². The Hall–Kier alpha value is -0.0800. The molecule has 2 heteroatoms. The average molecular weight is 238 g/mol. The van der Waals surface area contributed by atoms with Crippen LogP contribution in [0.1, 0.15) is 47.0 Å². The van der Waals surface area contributed by atoms with Gasteiger partial charge in [-0.05, 0) is 61.2 Å². The SMILES string of the molecule is CC(C)[C@@H]1[C@H]2C[C@@]3(C)[C@H](O)CC[C@](C)(O)[C@@H]3[C@H]21. The molecule has 7 atom stereocenters. The van der Waals surface area contributed by atoms with Crippen LogP contribution in [0.3, 0.4) is 0 Å². The van der Waals surface area contributed by atoms with Gasteiger partial charge >= 0.3 is 0 Å². The van der Waals surface area contributed by atoms with Crippen LogP contribution < -0.4 is 0 Å². The molecular formula is C15H26O2. The first-order valence-electron chi connectivity index (χ1n) is 7.19. The second-order valence-corrected chi connectivity index (χ2v) is 7.66.